The van der Waals surface area contributed by atoms with Gasteiger partial charge < -0.3 is 14.6 Å². The summed E-state index contributed by atoms with van der Waals surface area (Å²) in [6, 6.07) is 28.6. The number of hydrogen-bond acceptors (Lipinski definition) is 4. The molecule has 0 atom stereocenters. The van der Waals surface area contributed by atoms with Crippen LogP contribution in [0, 0.1) is 6.92 Å². The van der Waals surface area contributed by atoms with Gasteiger partial charge in [-0.2, -0.15) is 4.31 Å². The molecule has 0 saturated heterocycles. The number of carbonyl (C=O) groups is 1. The first-order valence-electron chi connectivity index (χ1n) is 13.3. The molecule has 206 valence electrons. The molecule has 0 saturated carbocycles. The first-order chi connectivity index (χ1) is 19.3. The van der Waals surface area contributed by atoms with E-state index in [-0.39, 0.29) is 23.7 Å². The van der Waals surface area contributed by atoms with Crippen molar-refractivity contribution in [2.75, 3.05) is 25.5 Å². The highest BCUT2D eigenvalue weighted by Crippen LogP contribution is 2.31. The first-order valence-corrected chi connectivity index (χ1v) is 14.8. The fourth-order valence-corrected chi connectivity index (χ4v) is 6.78. The summed E-state index contributed by atoms with van der Waals surface area (Å²) in [6.07, 6.45) is 0.462. The van der Waals surface area contributed by atoms with Crippen LogP contribution in [0.1, 0.15) is 18.1 Å². The van der Waals surface area contributed by atoms with Gasteiger partial charge in [0.1, 0.15) is 10.6 Å². The van der Waals surface area contributed by atoms with E-state index in [2.05, 4.69) is 28.9 Å². The van der Waals surface area contributed by atoms with Crippen LogP contribution in [0.5, 0.6) is 5.75 Å². The zero-order valence-corrected chi connectivity index (χ0v) is 23.7. The lowest BCUT2D eigenvalue weighted by Crippen LogP contribution is -2.39. The minimum atomic E-state index is -4.04. The van der Waals surface area contributed by atoms with Crippen LogP contribution in [-0.4, -0.2) is 43.4 Å². The van der Waals surface area contributed by atoms with Gasteiger partial charge in [-0.1, -0.05) is 54.6 Å². The molecule has 0 fully saturated rings. The van der Waals surface area contributed by atoms with Crippen molar-refractivity contribution < 1.29 is 17.9 Å². The summed E-state index contributed by atoms with van der Waals surface area (Å²) in [5.41, 5.74) is 4.60. The molecule has 1 heterocycles. The van der Waals surface area contributed by atoms with Gasteiger partial charge >= 0.3 is 0 Å². The van der Waals surface area contributed by atoms with Crippen molar-refractivity contribution in [3.05, 3.63) is 102 Å². The summed E-state index contributed by atoms with van der Waals surface area (Å²) in [4.78, 5) is 13.4. The van der Waals surface area contributed by atoms with E-state index in [4.69, 9.17) is 4.74 Å². The van der Waals surface area contributed by atoms with E-state index in [1.54, 1.807) is 18.2 Å². The van der Waals surface area contributed by atoms with Gasteiger partial charge in [0.25, 0.3) is 0 Å². The molecule has 40 heavy (non-hydrogen) atoms. The molecule has 5 aromatic rings. The number of aromatic nitrogens is 1. The Morgan fingerprint density at radius 3 is 2.38 bits per heavy atom. The number of hydrogen-bond donors (Lipinski definition) is 1. The van der Waals surface area contributed by atoms with E-state index in [9.17, 15) is 13.2 Å². The number of amides is 1. The van der Waals surface area contributed by atoms with Crippen LogP contribution in [0.25, 0.3) is 21.8 Å². The normalized spacial score (nSPS) is 11.8. The summed E-state index contributed by atoms with van der Waals surface area (Å²) in [5, 5.41) is 5.07. The third-order valence-corrected chi connectivity index (χ3v) is 8.99. The van der Waals surface area contributed by atoms with E-state index in [1.165, 1.54) is 11.4 Å². The molecule has 0 bridgehead atoms. The van der Waals surface area contributed by atoms with E-state index in [0.717, 1.165) is 39.5 Å². The Balaban J connectivity index is 1.44. The number of benzene rings is 4. The lowest BCUT2D eigenvalue weighted by Gasteiger charge is -2.23. The highest BCUT2D eigenvalue weighted by atomic mass is 32.2. The third-order valence-electron chi connectivity index (χ3n) is 7.12. The van der Waals surface area contributed by atoms with Gasteiger partial charge in [0.15, 0.2) is 0 Å². The summed E-state index contributed by atoms with van der Waals surface area (Å²) >= 11 is 0. The van der Waals surface area contributed by atoms with Gasteiger partial charge in [-0.15, -0.1) is 0 Å². The molecular formula is C32H33N3O4S. The zero-order chi connectivity index (χ0) is 28.3. The van der Waals surface area contributed by atoms with Crippen LogP contribution in [0.15, 0.2) is 95.9 Å². The number of rotatable bonds is 10. The van der Waals surface area contributed by atoms with Crippen LogP contribution in [0.4, 0.5) is 5.69 Å². The van der Waals surface area contributed by atoms with E-state index >= 15 is 0 Å². The van der Waals surface area contributed by atoms with E-state index in [1.807, 2.05) is 67.6 Å². The maximum atomic E-state index is 13.9. The first kappa shape index (κ1) is 27.4. The van der Waals surface area contributed by atoms with Crippen molar-refractivity contribution in [2.24, 2.45) is 0 Å². The second-order valence-electron chi connectivity index (χ2n) is 9.77. The molecule has 0 aliphatic heterocycles. The molecule has 5 rings (SSSR count). The summed E-state index contributed by atoms with van der Waals surface area (Å²) < 4.78 is 36.6. The maximum absolute atomic E-state index is 13.9. The predicted molar refractivity (Wildman–Crippen MR) is 160 cm³/mol. The van der Waals surface area contributed by atoms with Crippen LogP contribution < -0.4 is 10.1 Å². The van der Waals surface area contributed by atoms with Gasteiger partial charge in [0, 0.05) is 40.6 Å². The van der Waals surface area contributed by atoms with Gasteiger partial charge in [-0.3, -0.25) is 4.79 Å². The van der Waals surface area contributed by atoms with Crippen LogP contribution >= 0.6 is 0 Å². The average molecular weight is 556 g/mol. The number of fused-ring (bicyclic) bond motifs is 3. The summed E-state index contributed by atoms with van der Waals surface area (Å²) in [5.74, 6) is -0.171. The summed E-state index contributed by atoms with van der Waals surface area (Å²) in [7, 11) is -2.60. The smallest absolute Gasteiger partial charge is 0.247 e. The molecule has 4 aromatic carbocycles. The lowest BCUT2D eigenvalue weighted by atomic mass is 10.1. The number of aryl methyl sites for hydroxylation is 2. The minimum absolute atomic E-state index is 0.0460. The topological polar surface area (TPSA) is 80.6 Å². The molecule has 1 N–H and O–H groups in total. The van der Waals surface area contributed by atoms with Crippen LogP contribution in [0.2, 0.25) is 0 Å². The summed E-state index contributed by atoms with van der Waals surface area (Å²) in [6.45, 7) is 4.56. The average Bonchev–Trinajstić information content (AvgIpc) is 3.28. The van der Waals surface area contributed by atoms with Crippen molar-refractivity contribution in [2.45, 2.75) is 31.7 Å². The monoisotopic (exact) mass is 555 g/mol. The van der Waals surface area contributed by atoms with Crippen molar-refractivity contribution in [1.82, 2.24) is 8.87 Å². The number of sulfonamides is 1. The maximum Gasteiger partial charge on any atom is 0.247 e. The molecular weight excluding hydrogens is 522 g/mol. The van der Waals surface area contributed by atoms with E-state index in [0.29, 0.717) is 12.1 Å². The van der Waals surface area contributed by atoms with Crippen LogP contribution in [-0.2, 0) is 27.8 Å². The quantitative estimate of drug-likeness (QED) is 0.229. The van der Waals surface area contributed by atoms with Gasteiger partial charge in [-0.05, 0) is 67.8 Å². The van der Waals surface area contributed by atoms with Gasteiger partial charge in [0.05, 0.1) is 13.7 Å². The molecule has 1 aromatic heterocycles. The lowest BCUT2D eigenvalue weighted by molar-refractivity contribution is -0.116. The Bertz CT molecular complexity index is 1780. The number of carbonyl (C=O) groups excluding carboxylic acids is 1. The highest BCUT2D eigenvalue weighted by molar-refractivity contribution is 7.89. The minimum Gasteiger partial charge on any atom is -0.495 e. The molecule has 0 aliphatic carbocycles. The molecule has 8 heteroatoms. The Labute approximate surface area is 235 Å². The standard InChI is InChI=1S/C32H33N3O4S/c1-4-35-28-13-9-8-12-26(28)27-21-25(15-16-29(27)35)33-32(36)22-34(19-18-24-10-6-5-7-11-24)40(37,38)31-20-23(2)14-17-30(31)39-3/h5-17,20-21H,4,18-19,22H2,1-3H3,(H,33,36). The van der Waals surface area contributed by atoms with Crippen molar-refractivity contribution >= 4 is 43.4 Å². The van der Waals surface area contributed by atoms with Gasteiger partial charge in [0.2, 0.25) is 15.9 Å². The van der Waals surface area contributed by atoms with E-state index < -0.39 is 15.9 Å². The Morgan fingerprint density at radius 2 is 1.62 bits per heavy atom. The molecule has 1 amide bonds. The Kier molecular flexibility index (Phi) is 7.91. The Hall–Kier alpha value is -4.14. The molecule has 0 radical (unpaired) electrons. The largest absolute Gasteiger partial charge is 0.495 e. The number of nitrogens with zero attached hydrogens (tertiary/aromatic N) is 2. The Morgan fingerprint density at radius 1 is 0.900 bits per heavy atom. The zero-order valence-electron chi connectivity index (χ0n) is 22.9. The third kappa shape index (κ3) is 5.46. The molecule has 0 aliphatic rings. The number of ether oxygens (including phenoxy) is 1. The molecule has 0 unspecified atom stereocenters. The number of methoxy groups -OCH3 is 1. The second-order valence-corrected chi connectivity index (χ2v) is 11.7. The predicted octanol–water partition coefficient (Wildman–Crippen LogP) is 6.00. The van der Waals surface area contributed by atoms with Crippen molar-refractivity contribution in [3.8, 4) is 5.75 Å². The van der Waals surface area contributed by atoms with Crippen LogP contribution in [0.3, 0.4) is 0 Å². The fraction of sp³-hybridized carbons (Fsp3) is 0.219. The molecule has 7 nitrogen and oxygen atoms in total. The number of para-hydroxylation sites is 1. The van der Waals surface area contributed by atoms with Crippen molar-refractivity contribution in [3.63, 3.8) is 0 Å². The fourth-order valence-electron chi connectivity index (χ4n) is 5.14. The second kappa shape index (κ2) is 11.5. The number of anilines is 1. The highest BCUT2D eigenvalue weighted by Gasteiger charge is 2.29. The SMILES string of the molecule is CCn1c2ccccc2c2cc(NC(=O)CN(CCc3ccccc3)S(=O)(=O)c3cc(C)ccc3OC)ccc21. The molecule has 0 spiro atoms. The van der Waals surface area contributed by atoms with Gasteiger partial charge in [-0.25, -0.2) is 8.42 Å². The number of nitrogens with one attached hydrogen (secondary N) is 1. The van der Waals surface area contributed by atoms with Crippen molar-refractivity contribution in [1.29, 1.82) is 0 Å².